The summed E-state index contributed by atoms with van der Waals surface area (Å²) in [6, 6.07) is 5.57. The topological polar surface area (TPSA) is 53.6 Å². The van der Waals surface area contributed by atoms with E-state index >= 15 is 0 Å². The Kier molecular flexibility index (Phi) is 5.45. The molecule has 1 amide bonds. The quantitative estimate of drug-likeness (QED) is 0.873. The number of nitrogens with zero attached hydrogens (tertiary/aromatic N) is 1. The average Bonchev–Trinajstić information content (AvgIpc) is 2.87. The molecule has 2 unspecified atom stereocenters. The van der Waals surface area contributed by atoms with Gasteiger partial charge < -0.3 is 20.3 Å². The predicted octanol–water partition coefficient (Wildman–Crippen LogP) is 1.97. The van der Waals surface area contributed by atoms with Crippen LogP contribution in [-0.2, 0) is 9.53 Å². The van der Waals surface area contributed by atoms with Crippen LogP contribution in [0.15, 0.2) is 18.2 Å². The second-order valence-corrected chi connectivity index (χ2v) is 5.74. The van der Waals surface area contributed by atoms with Crippen LogP contribution in [-0.4, -0.2) is 45.8 Å². The number of halogens is 1. The third-order valence-electron chi connectivity index (χ3n) is 3.58. The molecule has 0 aromatic heterocycles. The van der Waals surface area contributed by atoms with E-state index in [0.29, 0.717) is 18.2 Å². The molecule has 1 fully saturated rings. The normalized spacial score (nSPS) is 21.3. The van der Waals surface area contributed by atoms with E-state index in [1.54, 1.807) is 0 Å². The first-order chi connectivity index (χ1) is 10.0. The molecule has 0 bridgehead atoms. The van der Waals surface area contributed by atoms with Gasteiger partial charge in [0.25, 0.3) is 0 Å². The fourth-order valence-electron chi connectivity index (χ4n) is 2.57. The minimum Gasteiger partial charge on any atom is -0.379 e. The Hall–Kier alpha value is -1.30. The SMILES string of the molecule is CCNC1COCC1C(=O)Nc1cccc(Cl)c1N(C)C. The largest absolute Gasteiger partial charge is 0.379 e. The number of ether oxygens (including phenoxy) is 1. The van der Waals surface area contributed by atoms with Crippen LogP contribution < -0.4 is 15.5 Å². The minimum atomic E-state index is -0.182. The van der Waals surface area contributed by atoms with Gasteiger partial charge in [-0.2, -0.15) is 0 Å². The van der Waals surface area contributed by atoms with Gasteiger partial charge in [-0.05, 0) is 18.7 Å². The molecule has 0 saturated carbocycles. The molecule has 0 radical (unpaired) electrons. The van der Waals surface area contributed by atoms with Crippen molar-refractivity contribution in [1.82, 2.24) is 5.32 Å². The second kappa shape index (κ2) is 7.11. The highest BCUT2D eigenvalue weighted by Crippen LogP contribution is 2.33. The lowest BCUT2D eigenvalue weighted by molar-refractivity contribution is -0.120. The average molecular weight is 312 g/mol. The molecule has 2 N–H and O–H groups in total. The fourth-order valence-corrected chi connectivity index (χ4v) is 2.92. The number of nitrogens with one attached hydrogen (secondary N) is 2. The molecule has 2 atom stereocenters. The number of rotatable bonds is 5. The summed E-state index contributed by atoms with van der Waals surface area (Å²) in [5, 5.41) is 6.88. The Morgan fingerprint density at radius 2 is 2.19 bits per heavy atom. The smallest absolute Gasteiger partial charge is 0.231 e. The fraction of sp³-hybridized carbons (Fsp3) is 0.533. The van der Waals surface area contributed by atoms with Gasteiger partial charge in [-0.25, -0.2) is 0 Å². The van der Waals surface area contributed by atoms with E-state index in [-0.39, 0.29) is 17.9 Å². The summed E-state index contributed by atoms with van der Waals surface area (Å²) in [5.41, 5.74) is 1.53. The maximum absolute atomic E-state index is 12.5. The molecule has 1 aliphatic heterocycles. The first kappa shape index (κ1) is 16.1. The van der Waals surface area contributed by atoms with Gasteiger partial charge in [0.05, 0.1) is 35.5 Å². The Labute approximate surface area is 130 Å². The summed E-state index contributed by atoms with van der Waals surface area (Å²) in [6.45, 7) is 3.86. The summed E-state index contributed by atoms with van der Waals surface area (Å²) in [6.07, 6.45) is 0. The van der Waals surface area contributed by atoms with E-state index in [1.807, 2.05) is 44.1 Å². The van der Waals surface area contributed by atoms with Crippen molar-refractivity contribution in [3.05, 3.63) is 23.2 Å². The summed E-state index contributed by atoms with van der Waals surface area (Å²) in [7, 11) is 3.80. The number of carbonyl (C=O) groups is 1. The maximum Gasteiger partial charge on any atom is 0.231 e. The highest BCUT2D eigenvalue weighted by Gasteiger charge is 2.33. The van der Waals surface area contributed by atoms with Gasteiger partial charge in [0.2, 0.25) is 5.91 Å². The minimum absolute atomic E-state index is 0.0381. The highest BCUT2D eigenvalue weighted by atomic mass is 35.5. The molecule has 6 heteroatoms. The summed E-state index contributed by atoms with van der Waals surface area (Å²) < 4.78 is 5.42. The molecule has 0 aliphatic carbocycles. The Morgan fingerprint density at radius 3 is 2.86 bits per heavy atom. The number of hydrogen-bond donors (Lipinski definition) is 2. The second-order valence-electron chi connectivity index (χ2n) is 5.33. The standard InChI is InChI=1S/C15H22ClN3O2/c1-4-17-13-9-21-8-10(13)15(20)18-12-7-5-6-11(16)14(12)19(2)3/h5-7,10,13,17H,4,8-9H2,1-3H3,(H,18,20). The summed E-state index contributed by atoms with van der Waals surface area (Å²) in [4.78, 5) is 14.4. The van der Waals surface area contributed by atoms with E-state index in [4.69, 9.17) is 16.3 Å². The summed E-state index contributed by atoms with van der Waals surface area (Å²) >= 11 is 6.22. The zero-order valence-corrected chi connectivity index (χ0v) is 13.4. The van der Waals surface area contributed by atoms with Crippen molar-refractivity contribution in [1.29, 1.82) is 0 Å². The van der Waals surface area contributed by atoms with Gasteiger partial charge in [-0.15, -0.1) is 0 Å². The van der Waals surface area contributed by atoms with E-state index in [9.17, 15) is 4.79 Å². The lowest BCUT2D eigenvalue weighted by Crippen LogP contribution is -2.41. The van der Waals surface area contributed by atoms with Gasteiger partial charge in [0.1, 0.15) is 0 Å². The Balaban J connectivity index is 2.15. The summed E-state index contributed by atoms with van der Waals surface area (Å²) in [5.74, 6) is -0.220. The van der Waals surface area contributed by atoms with Crippen molar-refractivity contribution < 1.29 is 9.53 Å². The number of carbonyl (C=O) groups excluding carboxylic acids is 1. The van der Waals surface area contributed by atoms with E-state index in [2.05, 4.69) is 10.6 Å². The van der Waals surface area contributed by atoms with Crippen molar-refractivity contribution in [2.75, 3.05) is 44.1 Å². The zero-order valence-electron chi connectivity index (χ0n) is 12.6. The van der Waals surface area contributed by atoms with Crippen molar-refractivity contribution >= 4 is 28.9 Å². The molecule has 1 heterocycles. The zero-order chi connectivity index (χ0) is 15.4. The number of likely N-dealkylation sites (N-methyl/N-ethyl adjacent to an activating group) is 1. The van der Waals surface area contributed by atoms with Crippen LogP contribution in [0, 0.1) is 5.92 Å². The van der Waals surface area contributed by atoms with E-state index in [1.165, 1.54) is 0 Å². The molecular weight excluding hydrogens is 290 g/mol. The number of benzene rings is 1. The van der Waals surface area contributed by atoms with Crippen molar-refractivity contribution in [3.8, 4) is 0 Å². The van der Waals surface area contributed by atoms with Gasteiger partial charge in [0.15, 0.2) is 0 Å². The highest BCUT2D eigenvalue weighted by molar-refractivity contribution is 6.34. The molecule has 1 aliphatic rings. The lowest BCUT2D eigenvalue weighted by atomic mass is 10.0. The van der Waals surface area contributed by atoms with Crippen molar-refractivity contribution in [3.63, 3.8) is 0 Å². The molecular formula is C15H22ClN3O2. The van der Waals surface area contributed by atoms with Crippen molar-refractivity contribution in [2.45, 2.75) is 13.0 Å². The molecule has 21 heavy (non-hydrogen) atoms. The number of para-hydroxylation sites is 1. The van der Waals surface area contributed by atoms with Crippen LogP contribution in [0.3, 0.4) is 0 Å². The van der Waals surface area contributed by atoms with Crippen LogP contribution in [0.5, 0.6) is 0 Å². The van der Waals surface area contributed by atoms with Crippen LogP contribution in [0.1, 0.15) is 6.92 Å². The van der Waals surface area contributed by atoms with Gasteiger partial charge in [-0.3, -0.25) is 4.79 Å². The Bertz CT molecular complexity index is 508. The first-order valence-corrected chi connectivity index (χ1v) is 7.50. The molecule has 5 nitrogen and oxygen atoms in total. The molecule has 2 rings (SSSR count). The van der Waals surface area contributed by atoms with Crippen LogP contribution in [0.25, 0.3) is 0 Å². The third-order valence-corrected chi connectivity index (χ3v) is 3.88. The van der Waals surface area contributed by atoms with Crippen molar-refractivity contribution in [2.24, 2.45) is 5.92 Å². The maximum atomic E-state index is 12.5. The molecule has 1 saturated heterocycles. The number of anilines is 2. The molecule has 1 aromatic rings. The van der Waals surface area contributed by atoms with Gasteiger partial charge >= 0.3 is 0 Å². The molecule has 1 aromatic carbocycles. The number of hydrogen-bond acceptors (Lipinski definition) is 4. The van der Waals surface area contributed by atoms with E-state index < -0.39 is 0 Å². The van der Waals surface area contributed by atoms with Crippen LogP contribution in [0.2, 0.25) is 5.02 Å². The van der Waals surface area contributed by atoms with Gasteiger partial charge in [0, 0.05) is 20.1 Å². The molecule has 0 spiro atoms. The van der Waals surface area contributed by atoms with Crippen LogP contribution in [0.4, 0.5) is 11.4 Å². The number of amides is 1. The predicted molar refractivity (Wildman–Crippen MR) is 86.2 cm³/mol. The third kappa shape index (κ3) is 3.67. The lowest BCUT2D eigenvalue weighted by Gasteiger charge is -2.22. The van der Waals surface area contributed by atoms with E-state index in [0.717, 1.165) is 17.9 Å². The molecule has 116 valence electrons. The first-order valence-electron chi connectivity index (χ1n) is 7.12. The van der Waals surface area contributed by atoms with Crippen LogP contribution >= 0.6 is 11.6 Å². The van der Waals surface area contributed by atoms with Gasteiger partial charge in [-0.1, -0.05) is 24.6 Å². The monoisotopic (exact) mass is 311 g/mol. The Morgan fingerprint density at radius 1 is 1.43 bits per heavy atom.